The van der Waals surface area contributed by atoms with Crippen molar-refractivity contribution in [1.82, 2.24) is 9.97 Å². The Morgan fingerprint density at radius 3 is 2.70 bits per heavy atom. The van der Waals surface area contributed by atoms with Crippen LogP contribution in [0.5, 0.6) is 11.5 Å². The van der Waals surface area contributed by atoms with Gasteiger partial charge in [0.1, 0.15) is 22.3 Å². The first kappa shape index (κ1) is 23.5. The van der Waals surface area contributed by atoms with Crippen LogP contribution >= 0.6 is 11.8 Å². The van der Waals surface area contributed by atoms with Crippen LogP contribution in [0.2, 0.25) is 0 Å². The van der Waals surface area contributed by atoms with Crippen molar-refractivity contribution in [2.24, 2.45) is 4.99 Å². The molecule has 1 N–H and O–H groups in total. The van der Waals surface area contributed by atoms with Crippen molar-refractivity contribution >= 4 is 43.3 Å². The number of rotatable bonds is 9. The lowest BCUT2D eigenvalue weighted by molar-refractivity contribution is -0.119. The maximum atomic E-state index is 12.0. The van der Waals surface area contributed by atoms with E-state index in [4.69, 9.17) is 4.74 Å². The number of aromatic nitrogens is 2. The Morgan fingerprint density at radius 2 is 2.03 bits per heavy atom. The number of hydrogen-bond donors (Lipinski definition) is 1. The molecule has 1 aliphatic heterocycles. The Labute approximate surface area is 198 Å². The molecule has 7 nitrogen and oxygen atoms in total. The highest BCUT2D eigenvalue weighted by Crippen LogP contribution is 2.33. The molecule has 0 spiro atoms. The molecule has 2 aromatic heterocycles. The number of ether oxygens (including phenoxy) is 1. The quantitative estimate of drug-likeness (QED) is 0.460. The fraction of sp³-hybridized carbons (Fsp3) is 0.375. The Balaban J connectivity index is 1.54. The summed E-state index contributed by atoms with van der Waals surface area (Å²) in [5, 5.41) is 2.16. The Morgan fingerprint density at radius 1 is 1.21 bits per heavy atom. The molecule has 1 unspecified atom stereocenters. The minimum Gasteiger partial charge on any atom is -0.456 e. The summed E-state index contributed by atoms with van der Waals surface area (Å²) in [6.45, 7) is 4.77. The molecule has 9 heteroatoms. The van der Waals surface area contributed by atoms with Gasteiger partial charge in [-0.3, -0.25) is 9.79 Å². The van der Waals surface area contributed by atoms with Crippen molar-refractivity contribution in [2.75, 3.05) is 12.8 Å². The first-order valence-electron chi connectivity index (χ1n) is 11.0. The van der Waals surface area contributed by atoms with E-state index in [1.54, 1.807) is 17.8 Å². The second-order valence-corrected chi connectivity index (χ2v) is 11.4. The number of sulfone groups is 1. The highest BCUT2D eigenvalue weighted by atomic mass is 32.2. The van der Waals surface area contributed by atoms with Crippen LogP contribution in [0, 0.1) is 0 Å². The molecule has 4 rings (SSSR count). The molecule has 0 amide bonds. The molecule has 0 bridgehead atoms. The molecule has 3 heterocycles. The van der Waals surface area contributed by atoms with E-state index < -0.39 is 9.84 Å². The molecule has 3 aromatic rings. The molecule has 174 valence electrons. The number of aryl methyl sites for hydroxylation is 1. The second kappa shape index (κ2) is 9.69. The number of hydrogen-bond acceptors (Lipinski definition) is 7. The fourth-order valence-electron chi connectivity index (χ4n) is 3.83. The lowest BCUT2D eigenvalue weighted by Crippen LogP contribution is -2.11. The van der Waals surface area contributed by atoms with Gasteiger partial charge in [-0.1, -0.05) is 25.6 Å². The number of H-pyrrole nitrogens is 1. The van der Waals surface area contributed by atoms with Crippen LogP contribution in [0.25, 0.3) is 10.9 Å². The zero-order valence-electron chi connectivity index (χ0n) is 18.9. The first-order valence-corrected chi connectivity index (χ1v) is 13.8. The monoisotopic (exact) mass is 485 g/mol. The SMILES string of the molecule is CCCC(=O)CC1CN=C(c2cc3cc(Oc4ccc(S(C)(=O)=O)nc4)cc(CC)c3[nH]2)S1. The van der Waals surface area contributed by atoms with Gasteiger partial charge >= 0.3 is 0 Å². The predicted octanol–water partition coefficient (Wildman–Crippen LogP) is 4.94. The van der Waals surface area contributed by atoms with Gasteiger partial charge in [-0.15, -0.1) is 0 Å². The van der Waals surface area contributed by atoms with Gasteiger partial charge < -0.3 is 9.72 Å². The average Bonchev–Trinajstić information content (AvgIpc) is 3.40. The number of thioether (sulfide) groups is 1. The number of fused-ring (bicyclic) bond motifs is 1. The van der Waals surface area contributed by atoms with E-state index in [-0.39, 0.29) is 10.3 Å². The summed E-state index contributed by atoms with van der Waals surface area (Å²) in [5.41, 5.74) is 3.10. The van der Waals surface area contributed by atoms with Crippen LogP contribution < -0.4 is 4.74 Å². The van der Waals surface area contributed by atoms with Crippen LogP contribution in [0.4, 0.5) is 0 Å². The molecular formula is C24H27N3O4S2. The van der Waals surface area contributed by atoms with Crippen molar-refractivity contribution in [1.29, 1.82) is 0 Å². The van der Waals surface area contributed by atoms with Crippen molar-refractivity contribution in [2.45, 2.75) is 49.8 Å². The van der Waals surface area contributed by atoms with E-state index in [2.05, 4.69) is 28.0 Å². The summed E-state index contributed by atoms with van der Waals surface area (Å²) in [5.74, 6) is 1.43. The van der Waals surface area contributed by atoms with Crippen LogP contribution in [-0.4, -0.2) is 47.3 Å². The van der Waals surface area contributed by atoms with Gasteiger partial charge in [-0.25, -0.2) is 13.4 Å². The zero-order valence-corrected chi connectivity index (χ0v) is 20.6. The van der Waals surface area contributed by atoms with E-state index in [0.29, 0.717) is 36.7 Å². The Hall–Kier alpha value is -2.65. The molecule has 1 aliphatic rings. The minimum absolute atomic E-state index is 0.0133. The van der Waals surface area contributed by atoms with Crippen LogP contribution in [0.1, 0.15) is 44.4 Å². The summed E-state index contributed by atoms with van der Waals surface area (Å²) in [6.07, 6.45) is 5.43. The molecule has 1 aromatic carbocycles. The lowest BCUT2D eigenvalue weighted by atomic mass is 10.1. The van der Waals surface area contributed by atoms with Crippen molar-refractivity contribution in [3.8, 4) is 11.5 Å². The Bertz CT molecular complexity index is 1310. The van der Waals surface area contributed by atoms with Crippen molar-refractivity contribution in [3.05, 3.63) is 47.8 Å². The van der Waals surface area contributed by atoms with E-state index in [1.165, 1.54) is 12.3 Å². The third-order valence-corrected chi connectivity index (χ3v) is 7.64. The highest BCUT2D eigenvalue weighted by molar-refractivity contribution is 8.15. The third kappa shape index (κ3) is 5.47. The van der Waals surface area contributed by atoms with Crippen LogP contribution in [0.3, 0.4) is 0 Å². The first-order chi connectivity index (χ1) is 15.8. The average molecular weight is 486 g/mol. The van der Waals surface area contributed by atoms with Gasteiger partial charge in [0.25, 0.3) is 0 Å². The molecular weight excluding hydrogens is 458 g/mol. The summed E-state index contributed by atoms with van der Waals surface area (Å²) < 4.78 is 29.2. The topological polar surface area (TPSA) is 101 Å². The largest absolute Gasteiger partial charge is 0.456 e. The fourth-order valence-corrected chi connectivity index (χ4v) is 5.51. The molecule has 0 saturated heterocycles. The number of aliphatic imine (C=N–C) groups is 1. The highest BCUT2D eigenvalue weighted by Gasteiger charge is 2.24. The maximum Gasteiger partial charge on any atom is 0.192 e. The number of aromatic amines is 1. The predicted molar refractivity (Wildman–Crippen MR) is 132 cm³/mol. The van der Waals surface area contributed by atoms with Gasteiger partial charge in [0.15, 0.2) is 14.9 Å². The van der Waals surface area contributed by atoms with E-state index in [1.807, 2.05) is 19.1 Å². The number of benzene rings is 1. The number of ketones is 1. The van der Waals surface area contributed by atoms with E-state index in [9.17, 15) is 13.2 Å². The lowest BCUT2D eigenvalue weighted by Gasteiger charge is -2.08. The van der Waals surface area contributed by atoms with Gasteiger partial charge in [0, 0.05) is 35.3 Å². The maximum absolute atomic E-state index is 12.0. The summed E-state index contributed by atoms with van der Waals surface area (Å²) in [6, 6.07) is 9.03. The van der Waals surface area contributed by atoms with Gasteiger partial charge in [0.2, 0.25) is 0 Å². The van der Waals surface area contributed by atoms with Crippen LogP contribution in [-0.2, 0) is 21.1 Å². The molecule has 0 aliphatic carbocycles. The summed E-state index contributed by atoms with van der Waals surface area (Å²) in [4.78, 5) is 24.2. The van der Waals surface area contributed by atoms with Crippen molar-refractivity contribution in [3.63, 3.8) is 0 Å². The van der Waals surface area contributed by atoms with Gasteiger partial charge in [0.05, 0.1) is 18.4 Å². The van der Waals surface area contributed by atoms with Crippen molar-refractivity contribution < 1.29 is 17.9 Å². The number of carbonyl (C=O) groups is 1. The molecule has 33 heavy (non-hydrogen) atoms. The summed E-state index contributed by atoms with van der Waals surface area (Å²) in [7, 11) is -3.35. The van der Waals surface area contributed by atoms with Gasteiger partial charge in [-0.05, 0) is 48.7 Å². The molecule has 0 saturated carbocycles. The van der Waals surface area contributed by atoms with E-state index in [0.717, 1.165) is 46.3 Å². The smallest absolute Gasteiger partial charge is 0.192 e. The third-order valence-electron chi connectivity index (χ3n) is 5.42. The minimum atomic E-state index is -3.35. The normalized spacial score (nSPS) is 16.2. The molecule has 0 fully saturated rings. The number of carbonyl (C=O) groups excluding carboxylic acids is 1. The van der Waals surface area contributed by atoms with Gasteiger partial charge in [-0.2, -0.15) is 0 Å². The number of pyridine rings is 1. The number of nitrogens with one attached hydrogen (secondary N) is 1. The van der Waals surface area contributed by atoms with E-state index >= 15 is 0 Å². The number of Topliss-reactive ketones (excluding diaryl/α,β-unsaturated/α-hetero) is 1. The molecule has 0 radical (unpaired) electrons. The van der Waals surface area contributed by atoms with Crippen LogP contribution in [0.15, 0.2) is 46.5 Å². The standard InChI is InChI=1S/C24H27N3O4S2/c1-4-6-17(28)12-20-14-26-24(32-20)21-11-16-10-19(9-15(5-2)23(16)27-21)31-18-7-8-22(25-13-18)33(3,29)30/h7-11,13,20,27H,4-6,12,14H2,1-3H3. The molecule has 1 atom stereocenters. The second-order valence-electron chi connectivity index (χ2n) is 8.17. The summed E-state index contributed by atoms with van der Waals surface area (Å²) >= 11 is 1.67. The number of nitrogens with zero attached hydrogens (tertiary/aromatic N) is 2. The zero-order chi connectivity index (χ0) is 23.6. The Kier molecular flexibility index (Phi) is 6.90.